The molecule has 1 aliphatic rings. The van der Waals surface area contributed by atoms with Crippen molar-refractivity contribution in [1.29, 1.82) is 0 Å². The average molecular weight is 378 g/mol. The van der Waals surface area contributed by atoms with Crippen LogP contribution in [0.2, 0.25) is 0 Å². The van der Waals surface area contributed by atoms with Gasteiger partial charge in [0.2, 0.25) is 0 Å². The van der Waals surface area contributed by atoms with Gasteiger partial charge in [0.05, 0.1) is 24.1 Å². The molecular weight excluding hydrogens is 350 g/mol. The van der Waals surface area contributed by atoms with Gasteiger partial charge in [0.15, 0.2) is 16.3 Å². The van der Waals surface area contributed by atoms with E-state index in [-0.39, 0.29) is 5.56 Å². The Morgan fingerprint density at radius 2 is 1.73 bits per heavy atom. The Kier molecular flexibility index (Phi) is 6.32. The van der Waals surface area contributed by atoms with Gasteiger partial charge in [-0.15, -0.1) is 0 Å². The number of hydrogen-bond donors (Lipinski definition) is 1. The lowest BCUT2D eigenvalue weighted by Gasteiger charge is -2.16. The number of hydrogen-bond acceptors (Lipinski definition) is 5. The summed E-state index contributed by atoms with van der Waals surface area (Å²) in [7, 11) is 0. The monoisotopic (exact) mass is 377 g/mol. The maximum absolute atomic E-state index is 13.0. The number of benzene rings is 1. The minimum Gasteiger partial charge on any atom is -0.490 e. The number of aromatic nitrogens is 2. The Bertz CT molecular complexity index is 869. The van der Waals surface area contributed by atoms with Gasteiger partial charge < -0.3 is 19.4 Å². The van der Waals surface area contributed by atoms with E-state index in [2.05, 4.69) is 9.88 Å². The van der Waals surface area contributed by atoms with Crippen molar-refractivity contribution in [1.82, 2.24) is 14.5 Å². The lowest BCUT2D eigenvalue weighted by Crippen LogP contribution is -2.26. The van der Waals surface area contributed by atoms with Crippen molar-refractivity contribution in [2.45, 2.75) is 39.7 Å². The van der Waals surface area contributed by atoms with Crippen molar-refractivity contribution in [3.8, 4) is 11.5 Å². The second-order valence-electron chi connectivity index (χ2n) is 6.50. The van der Waals surface area contributed by atoms with Gasteiger partial charge >= 0.3 is 0 Å². The Morgan fingerprint density at radius 3 is 2.38 bits per heavy atom. The van der Waals surface area contributed by atoms with E-state index in [1.54, 1.807) is 16.7 Å². The Hall–Kier alpha value is -1.86. The van der Waals surface area contributed by atoms with Crippen molar-refractivity contribution in [2.75, 3.05) is 32.8 Å². The maximum atomic E-state index is 13.0. The molecule has 1 N–H and O–H groups in total. The first-order valence-electron chi connectivity index (χ1n) is 9.42. The van der Waals surface area contributed by atoms with Gasteiger partial charge in [-0.2, -0.15) is 0 Å². The fourth-order valence-electron chi connectivity index (χ4n) is 3.46. The molecule has 1 aromatic carbocycles. The minimum atomic E-state index is -0.0748. The summed E-state index contributed by atoms with van der Waals surface area (Å²) in [5.41, 5.74) is 0.608. The second kappa shape index (κ2) is 8.68. The van der Waals surface area contributed by atoms with Crippen LogP contribution in [0.15, 0.2) is 16.9 Å². The number of nitrogens with one attached hydrogen (secondary N) is 1. The molecule has 0 unspecified atom stereocenters. The molecule has 3 rings (SSSR count). The Labute approximate surface area is 158 Å². The summed E-state index contributed by atoms with van der Waals surface area (Å²) < 4.78 is 13.4. The highest BCUT2D eigenvalue weighted by Gasteiger charge is 2.14. The van der Waals surface area contributed by atoms with Crippen molar-refractivity contribution in [2.24, 2.45) is 0 Å². The largest absolute Gasteiger partial charge is 0.490 e. The van der Waals surface area contributed by atoms with Gasteiger partial charge in [-0.1, -0.05) is 0 Å². The predicted molar refractivity (Wildman–Crippen MR) is 106 cm³/mol. The van der Waals surface area contributed by atoms with Crippen LogP contribution in [0, 0.1) is 4.77 Å². The standard InChI is InChI=1S/C19H27N3O3S/c1-3-24-16-12-14-15(13-17(16)25-4-2)20-19(26)22(18(14)23)11-7-10-21-8-5-6-9-21/h12-13H,3-11H2,1-2H3,(H,20,26). The van der Waals surface area contributed by atoms with Crippen LogP contribution >= 0.6 is 12.2 Å². The lowest BCUT2D eigenvalue weighted by molar-refractivity contribution is 0.288. The summed E-state index contributed by atoms with van der Waals surface area (Å²) in [5, 5.41) is 0.576. The van der Waals surface area contributed by atoms with Gasteiger partial charge in [-0.3, -0.25) is 9.36 Å². The van der Waals surface area contributed by atoms with Crippen LogP contribution in [0.1, 0.15) is 33.1 Å². The first-order valence-corrected chi connectivity index (χ1v) is 9.83. The molecule has 0 radical (unpaired) electrons. The number of nitrogens with zero attached hydrogens (tertiary/aromatic N) is 2. The van der Waals surface area contributed by atoms with Crippen LogP contribution in [0.3, 0.4) is 0 Å². The molecule has 0 saturated carbocycles. The molecule has 1 aromatic heterocycles. The molecule has 6 nitrogen and oxygen atoms in total. The fraction of sp³-hybridized carbons (Fsp3) is 0.579. The summed E-state index contributed by atoms with van der Waals surface area (Å²) in [6.07, 6.45) is 3.47. The summed E-state index contributed by atoms with van der Waals surface area (Å²) in [6, 6.07) is 3.56. The zero-order valence-corrected chi connectivity index (χ0v) is 16.4. The summed E-state index contributed by atoms with van der Waals surface area (Å²) in [4.78, 5) is 18.6. The minimum absolute atomic E-state index is 0.0748. The SMILES string of the molecule is CCOc1cc2[nH]c(=S)n(CCCN3CCCC3)c(=O)c2cc1OCC. The number of rotatable bonds is 8. The smallest absolute Gasteiger partial charge is 0.262 e. The van der Waals surface area contributed by atoms with Crippen LogP contribution in [-0.4, -0.2) is 47.3 Å². The van der Waals surface area contributed by atoms with E-state index in [1.165, 1.54) is 12.8 Å². The van der Waals surface area contributed by atoms with E-state index < -0.39 is 0 Å². The molecule has 2 heterocycles. The quantitative estimate of drug-likeness (QED) is 0.715. The van der Waals surface area contributed by atoms with Crippen molar-refractivity contribution in [3.05, 3.63) is 27.3 Å². The number of aromatic amines is 1. The highest BCUT2D eigenvalue weighted by molar-refractivity contribution is 7.71. The van der Waals surface area contributed by atoms with E-state index in [1.807, 2.05) is 13.8 Å². The van der Waals surface area contributed by atoms with Crippen molar-refractivity contribution < 1.29 is 9.47 Å². The van der Waals surface area contributed by atoms with Crippen molar-refractivity contribution >= 4 is 23.1 Å². The lowest BCUT2D eigenvalue weighted by atomic mass is 10.2. The molecule has 0 bridgehead atoms. The maximum Gasteiger partial charge on any atom is 0.262 e. The first kappa shape index (κ1) is 18.9. The van der Waals surface area contributed by atoms with E-state index in [9.17, 15) is 4.79 Å². The summed E-state index contributed by atoms with van der Waals surface area (Å²) in [6.45, 7) is 8.83. The molecular formula is C19H27N3O3S. The van der Waals surface area contributed by atoms with E-state index in [4.69, 9.17) is 21.7 Å². The number of ether oxygens (including phenoxy) is 2. The molecule has 0 amide bonds. The molecule has 1 aliphatic heterocycles. The topological polar surface area (TPSA) is 59.5 Å². The molecule has 7 heteroatoms. The molecule has 0 spiro atoms. The van der Waals surface area contributed by atoms with Crippen LogP contribution < -0.4 is 15.0 Å². The van der Waals surface area contributed by atoms with Crippen molar-refractivity contribution in [3.63, 3.8) is 0 Å². The van der Waals surface area contributed by atoms with E-state index in [0.29, 0.717) is 46.9 Å². The fourth-order valence-corrected chi connectivity index (χ4v) is 3.74. The molecule has 26 heavy (non-hydrogen) atoms. The Balaban J connectivity index is 1.90. The van der Waals surface area contributed by atoms with Gasteiger partial charge in [-0.25, -0.2) is 0 Å². The summed E-state index contributed by atoms with van der Waals surface area (Å²) in [5.74, 6) is 1.21. The molecule has 2 aromatic rings. The zero-order valence-electron chi connectivity index (χ0n) is 15.5. The van der Waals surface area contributed by atoms with Gasteiger partial charge in [0.25, 0.3) is 5.56 Å². The average Bonchev–Trinajstić information content (AvgIpc) is 3.13. The Morgan fingerprint density at radius 1 is 1.08 bits per heavy atom. The highest BCUT2D eigenvalue weighted by Crippen LogP contribution is 2.30. The first-order chi connectivity index (χ1) is 12.6. The number of H-pyrrole nitrogens is 1. The van der Waals surface area contributed by atoms with Crippen LogP contribution in [0.4, 0.5) is 0 Å². The van der Waals surface area contributed by atoms with Gasteiger partial charge in [0, 0.05) is 12.6 Å². The van der Waals surface area contributed by atoms with Crippen LogP contribution in [-0.2, 0) is 6.54 Å². The third kappa shape index (κ3) is 4.10. The van der Waals surface area contributed by atoms with E-state index in [0.717, 1.165) is 26.1 Å². The third-order valence-corrected chi connectivity index (χ3v) is 5.02. The molecule has 0 atom stereocenters. The molecule has 0 aliphatic carbocycles. The highest BCUT2D eigenvalue weighted by atomic mass is 32.1. The van der Waals surface area contributed by atoms with E-state index >= 15 is 0 Å². The molecule has 142 valence electrons. The normalized spacial score (nSPS) is 14.8. The number of likely N-dealkylation sites (tertiary alicyclic amines) is 1. The molecule has 1 fully saturated rings. The second-order valence-corrected chi connectivity index (χ2v) is 6.89. The van der Waals surface area contributed by atoms with Crippen LogP contribution in [0.25, 0.3) is 10.9 Å². The predicted octanol–water partition coefficient (Wildman–Crippen LogP) is 3.34. The summed E-state index contributed by atoms with van der Waals surface area (Å²) >= 11 is 5.43. The molecule has 1 saturated heterocycles. The van der Waals surface area contributed by atoms with Crippen LogP contribution in [0.5, 0.6) is 11.5 Å². The zero-order chi connectivity index (χ0) is 18.5. The van der Waals surface area contributed by atoms with Gasteiger partial charge in [-0.05, 0) is 71.0 Å². The number of fused-ring (bicyclic) bond motifs is 1. The third-order valence-electron chi connectivity index (χ3n) is 4.70. The van der Waals surface area contributed by atoms with Gasteiger partial charge in [0.1, 0.15) is 0 Å².